The summed E-state index contributed by atoms with van der Waals surface area (Å²) >= 11 is 1.50. The van der Waals surface area contributed by atoms with E-state index in [2.05, 4.69) is 35.8 Å². The Hall–Kier alpha value is -7.38. The van der Waals surface area contributed by atoms with Crippen LogP contribution in [0.15, 0.2) is 66.4 Å². The van der Waals surface area contributed by atoms with Crippen molar-refractivity contribution in [1.82, 2.24) is 40.3 Å². The predicted octanol–water partition coefficient (Wildman–Crippen LogP) is 9.33. The number of halogens is 6. The van der Waals surface area contributed by atoms with Crippen molar-refractivity contribution in [2.24, 2.45) is 5.41 Å². The van der Waals surface area contributed by atoms with Crippen molar-refractivity contribution in [3.8, 4) is 27.3 Å². The van der Waals surface area contributed by atoms with Gasteiger partial charge >= 0.3 is 6.18 Å². The fourth-order valence-electron chi connectivity index (χ4n) is 11.5. The van der Waals surface area contributed by atoms with Crippen molar-refractivity contribution >= 4 is 58.2 Å². The summed E-state index contributed by atoms with van der Waals surface area (Å²) in [6.45, 7) is 14.1. The topological polar surface area (TPSA) is 206 Å². The summed E-state index contributed by atoms with van der Waals surface area (Å²) in [6.07, 6.45) is 1.37. The van der Waals surface area contributed by atoms with E-state index in [9.17, 15) is 51.0 Å². The van der Waals surface area contributed by atoms with Gasteiger partial charge in [0.1, 0.15) is 29.5 Å². The molecule has 474 valence electrons. The summed E-state index contributed by atoms with van der Waals surface area (Å²) in [7, 11) is 1.96. The van der Waals surface area contributed by atoms with E-state index in [1.807, 2.05) is 60.7 Å². The molecule has 5 amide bonds. The van der Waals surface area contributed by atoms with Crippen LogP contribution in [0.25, 0.3) is 21.6 Å². The minimum Gasteiger partial charge on any atom is -0.493 e. The zero-order valence-corrected chi connectivity index (χ0v) is 51.4. The fourth-order valence-corrected chi connectivity index (χ4v) is 12.3. The number of aliphatic hydroxyl groups is 1. The molecule has 4 fully saturated rings. The van der Waals surface area contributed by atoms with E-state index in [1.165, 1.54) is 40.8 Å². The third-order valence-electron chi connectivity index (χ3n) is 17.1. The highest BCUT2D eigenvalue weighted by atomic mass is 32.1. The maximum Gasteiger partial charge on any atom is 0.417 e. The number of hydrogen-bond donors (Lipinski definition) is 4. The Kier molecular flexibility index (Phi) is 20.1. The first-order chi connectivity index (χ1) is 41.7. The van der Waals surface area contributed by atoms with Crippen LogP contribution in [0.3, 0.4) is 0 Å². The number of unbranched alkanes of at least 4 members (excludes halogenated alkanes) is 4. The number of piperazine rings is 2. The Labute approximate surface area is 512 Å². The molecule has 5 heterocycles. The van der Waals surface area contributed by atoms with E-state index >= 15 is 4.39 Å². The molecule has 5 aromatic rings. The van der Waals surface area contributed by atoms with Crippen LogP contribution in [0.4, 0.5) is 43.7 Å². The van der Waals surface area contributed by atoms with Crippen LogP contribution in [0.2, 0.25) is 0 Å². The number of anilines is 3. The van der Waals surface area contributed by atoms with Crippen LogP contribution in [0.1, 0.15) is 120 Å². The number of ether oxygens (including phenoxy) is 1. The number of β-amino-alcohol motifs (C(OH)–C–C–N with tert-alkyl or cyclic N) is 1. The molecule has 88 heavy (non-hydrogen) atoms. The first-order valence-electron chi connectivity index (χ1n) is 29.9. The van der Waals surface area contributed by atoms with Gasteiger partial charge in [0.25, 0.3) is 11.8 Å². The molecule has 18 nitrogen and oxygen atoms in total. The summed E-state index contributed by atoms with van der Waals surface area (Å²) in [5.41, 5.74) is -0.259. The lowest BCUT2D eigenvalue weighted by molar-refractivity contribution is -0.145. The second-order valence-corrected chi connectivity index (χ2v) is 25.6. The van der Waals surface area contributed by atoms with Crippen molar-refractivity contribution in [3.05, 3.63) is 100 Å². The van der Waals surface area contributed by atoms with Crippen molar-refractivity contribution < 1.29 is 60.2 Å². The van der Waals surface area contributed by atoms with Gasteiger partial charge in [0.2, 0.25) is 23.7 Å². The largest absolute Gasteiger partial charge is 0.493 e. The summed E-state index contributed by atoms with van der Waals surface area (Å²) in [6, 6.07) is 8.01. The zero-order valence-electron chi connectivity index (χ0n) is 50.6. The van der Waals surface area contributed by atoms with Gasteiger partial charge in [-0.3, -0.25) is 28.9 Å². The van der Waals surface area contributed by atoms with Crippen LogP contribution < -0.4 is 30.5 Å². The highest BCUT2D eigenvalue weighted by Crippen LogP contribution is 2.42. The number of aliphatic hydroxyl groups excluding tert-OH is 1. The average Bonchev–Trinajstić information content (AvgIpc) is 2.13. The molecule has 3 aromatic carbocycles. The van der Waals surface area contributed by atoms with Gasteiger partial charge in [-0.2, -0.15) is 13.2 Å². The predicted molar refractivity (Wildman–Crippen MR) is 322 cm³/mol. The van der Waals surface area contributed by atoms with E-state index in [0.29, 0.717) is 76.0 Å². The van der Waals surface area contributed by atoms with E-state index in [-0.39, 0.29) is 78.9 Å². The van der Waals surface area contributed by atoms with Gasteiger partial charge in [0, 0.05) is 106 Å². The van der Waals surface area contributed by atoms with Crippen LogP contribution in [-0.2, 0) is 31.9 Å². The van der Waals surface area contributed by atoms with Gasteiger partial charge in [-0.25, -0.2) is 28.1 Å². The van der Waals surface area contributed by atoms with Crippen LogP contribution >= 0.6 is 11.3 Å². The Morgan fingerprint density at radius 3 is 2.17 bits per heavy atom. The molecule has 0 bridgehead atoms. The van der Waals surface area contributed by atoms with Gasteiger partial charge in [0.05, 0.1) is 51.3 Å². The van der Waals surface area contributed by atoms with E-state index in [1.54, 1.807) is 26.3 Å². The molecule has 0 unspecified atom stereocenters. The molecule has 0 radical (unpaired) electrons. The summed E-state index contributed by atoms with van der Waals surface area (Å²) < 4.78 is 93.4. The second-order valence-electron chi connectivity index (χ2n) is 24.7. The van der Waals surface area contributed by atoms with Crippen LogP contribution in [-0.4, -0.2) is 160 Å². The minimum atomic E-state index is -5.03. The second kappa shape index (κ2) is 27.2. The van der Waals surface area contributed by atoms with E-state index in [0.717, 1.165) is 54.0 Å². The average molecular weight is 1250 g/mol. The first-order valence-corrected chi connectivity index (χ1v) is 30.8. The number of aromatic nitrogens is 3. The maximum atomic E-state index is 16.2. The molecule has 3 aliphatic heterocycles. The Balaban J connectivity index is 0.743. The number of nitrogens with zero attached hydrogens (tertiary/aromatic N) is 8. The van der Waals surface area contributed by atoms with Gasteiger partial charge in [-0.05, 0) is 101 Å². The number of carbonyl (C=O) groups is 5. The third kappa shape index (κ3) is 15.4. The lowest BCUT2D eigenvalue weighted by Gasteiger charge is -2.44. The molecule has 0 spiro atoms. The van der Waals surface area contributed by atoms with Gasteiger partial charge in [0.15, 0.2) is 5.67 Å². The summed E-state index contributed by atoms with van der Waals surface area (Å²) in [5, 5.41) is 18.8. The molecule has 9 rings (SSSR count). The van der Waals surface area contributed by atoms with Gasteiger partial charge < -0.3 is 45.4 Å². The van der Waals surface area contributed by atoms with Crippen molar-refractivity contribution in [2.75, 3.05) is 74.6 Å². The Morgan fingerprint density at radius 2 is 1.52 bits per heavy atom. The quantitative estimate of drug-likeness (QED) is 0.0400. The number of rotatable bonds is 21. The molecule has 3 saturated heterocycles. The Morgan fingerprint density at radius 1 is 0.841 bits per heavy atom. The summed E-state index contributed by atoms with van der Waals surface area (Å²) in [5.74, 6) is -3.91. The molecule has 25 heteroatoms. The molecule has 4 N–H and O–H groups in total. The van der Waals surface area contributed by atoms with Crippen molar-refractivity contribution in [1.29, 1.82) is 0 Å². The molecule has 1 saturated carbocycles. The number of alkyl halides is 4. The molecule has 2 aromatic heterocycles. The van der Waals surface area contributed by atoms with Crippen LogP contribution in [0.5, 0.6) is 5.75 Å². The summed E-state index contributed by atoms with van der Waals surface area (Å²) in [4.78, 5) is 91.0. The normalized spacial score (nSPS) is 20.0. The highest BCUT2D eigenvalue weighted by Gasteiger charge is 2.53. The van der Waals surface area contributed by atoms with Crippen molar-refractivity contribution in [2.45, 2.75) is 148 Å². The molecule has 5 atom stereocenters. The first kappa shape index (κ1) is 65.1. The van der Waals surface area contributed by atoms with E-state index in [4.69, 9.17) is 4.74 Å². The number of likely N-dealkylation sites (N-methyl/N-ethyl adjacent to an activating group) is 1. The van der Waals surface area contributed by atoms with Gasteiger partial charge in [-0.1, -0.05) is 52.2 Å². The van der Waals surface area contributed by atoms with Crippen LogP contribution in [0, 0.1) is 24.0 Å². The third-order valence-corrected chi connectivity index (χ3v) is 18.1. The van der Waals surface area contributed by atoms with E-state index < -0.39 is 81.8 Å². The number of hydrogen-bond acceptors (Lipinski definition) is 14. The highest BCUT2D eigenvalue weighted by molar-refractivity contribution is 7.13. The Bertz CT molecular complexity index is 3340. The van der Waals surface area contributed by atoms with Gasteiger partial charge in [-0.15, -0.1) is 11.3 Å². The molecular weight excluding hydrogens is 1170 g/mol. The van der Waals surface area contributed by atoms with Crippen molar-refractivity contribution in [3.63, 3.8) is 0 Å². The lowest BCUT2D eigenvalue weighted by Crippen LogP contribution is -2.59. The number of thiazole rings is 1. The number of likely N-dealkylation sites (tertiary alicyclic amines) is 1. The minimum absolute atomic E-state index is 0.00380. The number of benzene rings is 3. The smallest absolute Gasteiger partial charge is 0.417 e. The number of nitrogens with one attached hydrogen (secondary N) is 3. The fraction of sp³-hybridized carbons (Fsp3) is 0.524. The molecule has 4 aliphatic rings. The SMILES string of the molecule is Cc1ncsc1-c1ccc(CNC(=O)[C@@H]2C[C@@H](O)CN2C(=O)[C@@H](NC(=O)C2(F)CC2)C(C)(C)C)c(OCCCCCCCC(=O)N2CCN(c3ncc(-c4cc(NC(=O)c5ccc(F)cc5C(F)(F)F)c(N5C[C@@H](C)N(C)[C@@H](C)C5)cc4F)cn3)CC2)c1. The molecule has 1 aliphatic carbocycles. The maximum absolute atomic E-state index is 16.2. The standard InChI is InChI=1S/C63H77F6N11O7S/c1-37-33-79(34-38(2)76(37)7)50-29-48(65)46(28-49(50)74-56(83)45-17-16-43(64)26-47(45)63(67,68)69)42-31-71-60(72-32-42)78-22-20-77(21-23-78)53(82)13-11-9-8-10-12-24-87-52-25-40(54-39(3)73-36-88-54)14-15-41(52)30-70-57(84)51-27-44(81)35-80(51)58(85)55(61(4,5)6)75-59(86)62(66)18-19-62/h14-17,25-26,28-29,31-32,36-38,44,51,55,81H,8-13,18-24,27,30,33-35H2,1-7H3,(H,70,84)(H,74,83)(H,75,86)/t37-,38+,44-,51+,55-/m1/s1. The lowest BCUT2D eigenvalue weighted by atomic mass is 9.85. The number of carbonyl (C=O) groups excluding carboxylic acids is 5. The molecular formula is C63H77F6N11O7S. The number of aryl methyl sites for hydroxylation is 1. The monoisotopic (exact) mass is 1250 g/mol. The zero-order chi connectivity index (χ0) is 63.4. The number of amides is 5.